The molecule has 1 atom stereocenters. The number of anilines is 1. The van der Waals surface area contributed by atoms with Gasteiger partial charge in [-0.15, -0.1) is 0 Å². The molecule has 1 aromatic heterocycles. The Kier molecular flexibility index (Phi) is 6.03. The molecule has 8 heteroatoms. The third-order valence-corrected chi connectivity index (χ3v) is 6.38. The number of oxazole rings is 1. The van der Waals surface area contributed by atoms with Crippen molar-refractivity contribution in [3.8, 4) is 17.2 Å². The van der Waals surface area contributed by atoms with E-state index >= 15 is 0 Å². The molecule has 0 N–H and O–H groups in total. The van der Waals surface area contributed by atoms with Crippen LogP contribution in [0.1, 0.15) is 37.6 Å². The summed E-state index contributed by atoms with van der Waals surface area (Å²) in [5.74, 6) is -0.0422. The van der Waals surface area contributed by atoms with Gasteiger partial charge in [-0.1, -0.05) is 12.1 Å². The Bertz CT molecular complexity index is 1450. The Morgan fingerprint density at radius 3 is 2.30 bits per heavy atom. The lowest BCUT2D eigenvalue weighted by Gasteiger charge is -2.39. The molecule has 3 amide bonds. The Morgan fingerprint density at radius 1 is 1.00 bits per heavy atom. The lowest BCUT2D eigenvalue weighted by molar-refractivity contribution is -0.123. The number of carbonyl (C=O) groups is 3. The number of hydrogen-bond donors (Lipinski definition) is 0. The van der Waals surface area contributed by atoms with Crippen molar-refractivity contribution in [3.05, 3.63) is 78.4 Å². The number of carbonyl (C=O) groups excluding carboxylic acids is 3. The highest BCUT2D eigenvalue weighted by molar-refractivity contribution is 6.23. The molecule has 1 fully saturated rings. The number of rotatable bonds is 5. The molecule has 2 heterocycles. The minimum absolute atomic E-state index is 0.0924. The summed E-state index contributed by atoms with van der Waals surface area (Å²) < 4.78 is 11.0. The van der Waals surface area contributed by atoms with Crippen LogP contribution < -0.4 is 9.64 Å². The summed E-state index contributed by atoms with van der Waals surface area (Å²) in [4.78, 5) is 47.3. The highest BCUT2D eigenvalue weighted by Gasteiger charge is 2.47. The van der Waals surface area contributed by atoms with E-state index < -0.39 is 17.5 Å². The van der Waals surface area contributed by atoms with Crippen molar-refractivity contribution in [2.45, 2.75) is 38.8 Å². The van der Waals surface area contributed by atoms with Gasteiger partial charge in [0.25, 0.3) is 11.8 Å². The summed E-state index contributed by atoms with van der Waals surface area (Å²) >= 11 is 0. The van der Waals surface area contributed by atoms with Gasteiger partial charge in [0.1, 0.15) is 17.3 Å². The second-order valence-electron chi connectivity index (χ2n) is 9.90. The van der Waals surface area contributed by atoms with E-state index in [0.29, 0.717) is 28.5 Å². The molecule has 1 saturated heterocycles. The first-order valence-corrected chi connectivity index (χ1v) is 12.0. The van der Waals surface area contributed by atoms with Crippen LogP contribution in [0.2, 0.25) is 0 Å². The van der Waals surface area contributed by atoms with Gasteiger partial charge >= 0.3 is 0 Å². The first-order valence-electron chi connectivity index (χ1n) is 12.0. The van der Waals surface area contributed by atoms with Crippen molar-refractivity contribution in [1.29, 1.82) is 0 Å². The van der Waals surface area contributed by atoms with Crippen LogP contribution >= 0.6 is 0 Å². The number of aromatic nitrogens is 1. The maximum Gasteiger partial charge on any atom is 0.257 e. The number of fused-ring (bicyclic) bond motifs is 1. The monoisotopic (exact) mass is 497 g/mol. The Labute approximate surface area is 214 Å². The summed E-state index contributed by atoms with van der Waals surface area (Å²) in [5, 5.41) is 0. The van der Waals surface area contributed by atoms with Gasteiger partial charge in [-0.3, -0.25) is 14.4 Å². The molecular weight excluding hydrogens is 470 g/mol. The molecule has 0 radical (unpaired) electrons. The SMILES string of the molecule is COc1ccc(C(=O)N(C2CC(=O)N(c3ccc(-c4nc5ccccc5o4)cc3)C2=O)C(C)(C)C)cc1. The van der Waals surface area contributed by atoms with E-state index in [4.69, 9.17) is 9.15 Å². The van der Waals surface area contributed by atoms with E-state index in [2.05, 4.69) is 4.98 Å². The fourth-order valence-corrected chi connectivity index (χ4v) is 4.62. The van der Waals surface area contributed by atoms with Crippen LogP contribution in [-0.2, 0) is 9.59 Å². The van der Waals surface area contributed by atoms with Crippen molar-refractivity contribution in [3.63, 3.8) is 0 Å². The number of benzene rings is 3. The van der Waals surface area contributed by atoms with Crippen LogP contribution in [0.25, 0.3) is 22.6 Å². The van der Waals surface area contributed by atoms with Gasteiger partial charge < -0.3 is 14.1 Å². The quantitative estimate of drug-likeness (QED) is 0.357. The lowest BCUT2D eigenvalue weighted by atomic mass is 9.99. The molecule has 37 heavy (non-hydrogen) atoms. The van der Waals surface area contributed by atoms with E-state index in [1.807, 2.05) is 45.0 Å². The van der Waals surface area contributed by atoms with Crippen LogP contribution in [0.3, 0.4) is 0 Å². The average molecular weight is 498 g/mol. The molecule has 0 spiro atoms. The number of imide groups is 1. The zero-order valence-corrected chi connectivity index (χ0v) is 21.1. The Hall–Kier alpha value is -4.46. The topological polar surface area (TPSA) is 92.9 Å². The molecule has 4 aromatic rings. The molecule has 1 aliphatic rings. The first kappa shape index (κ1) is 24.2. The van der Waals surface area contributed by atoms with Gasteiger partial charge in [-0.2, -0.15) is 0 Å². The predicted octanol–water partition coefficient (Wildman–Crippen LogP) is 5.08. The fourth-order valence-electron chi connectivity index (χ4n) is 4.62. The molecule has 3 aromatic carbocycles. The van der Waals surface area contributed by atoms with Crippen molar-refractivity contribution in [2.24, 2.45) is 0 Å². The largest absolute Gasteiger partial charge is 0.497 e. The smallest absolute Gasteiger partial charge is 0.257 e. The van der Waals surface area contributed by atoms with Gasteiger partial charge in [-0.25, -0.2) is 9.88 Å². The van der Waals surface area contributed by atoms with Crippen molar-refractivity contribution in [2.75, 3.05) is 12.0 Å². The first-order chi connectivity index (χ1) is 17.7. The minimum Gasteiger partial charge on any atom is -0.497 e. The van der Waals surface area contributed by atoms with Gasteiger partial charge in [0.05, 0.1) is 19.2 Å². The third kappa shape index (κ3) is 4.46. The second-order valence-corrected chi connectivity index (χ2v) is 9.90. The standard InChI is InChI=1S/C29H27N3O5/c1-29(2,3)32(27(34)19-11-15-21(36-4)16-12-19)23-17-25(33)31(28(23)35)20-13-9-18(10-14-20)26-30-22-7-5-6-8-24(22)37-26/h5-16,23H,17H2,1-4H3. The summed E-state index contributed by atoms with van der Waals surface area (Å²) in [5.41, 5.74) is 2.29. The summed E-state index contributed by atoms with van der Waals surface area (Å²) in [7, 11) is 1.55. The van der Waals surface area contributed by atoms with Crippen molar-refractivity contribution < 1.29 is 23.5 Å². The van der Waals surface area contributed by atoms with E-state index in [1.54, 1.807) is 55.6 Å². The fraction of sp³-hybridized carbons (Fsp3) is 0.241. The van der Waals surface area contributed by atoms with Crippen molar-refractivity contribution >= 4 is 34.5 Å². The summed E-state index contributed by atoms with van der Waals surface area (Å²) in [6, 6.07) is 20.2. The molecule has 0 aliphatic carbocycles. The van der Waals surface area contributed by atoms with E-state index in [0.717, 1.165) is 16.0 Å². The van der Waals surface area contributed by atoms with Gasteiger partial charge in [-0.05, 0) is 81.4 Å². The van der Waals surface area contributed by atoms with Crippen molar-refractivity contribution in [1.82, 2.24) is 9.88 Å². The molecule has 1 aliphatic heterocycles. The molecule has 0 saturated carbocycles. The van der Waals surface area contributed by atoms with E-state index in [-0.39, 0.29) is 18.2 Å². The highest BCUT2D eigenvalue weighted by atomic mass is 16.5. The predicted molar refractivity (Wildman–Crippen MR) is 139 cm³/mol. The number of amides is 3. The Morgan fingerprint density at radius 2 is 1.68 bits per heavy atom. The number of methoxy groups -OCH3 is 1. The number of hydrogen-bond acceptors (Lipinski definition) is 6. The molecule has 0 bridgehead atoms. The minimum atomic E-state index is -0.918. The lowest BCUT2D eigenvalue weighted by Crippen LogP contribution is -2.54. The molecule has 8 nitrogen and oxygen atoms in total. The van der Waals surface area contributed by atoms with Crippen LogP contribution in [-0.4, -0.2) is 46.3 Å². The van der Waals surface area contributed by atoms with E-state index in [1.165, 1.54) is 4.90 Å². The maximum absolute atomic E-state index is 13.6. The zero-order valence-electron chi connectivity index (χ0n) is 21.1. The van der Waals surface area contributed by atoms with Crippen LogP contribution in [0.5, 0.6) is 5.75 Å². The Balaban J connectivity index is 1.41. The number of nitrogens with zero attached hydrogens (tertiary/aromatic N) is 3. The number of ether oxygens (including phenoxy) is 1. The zero-order chi connectivity index (χ0) is 26.3. The van der Waals surface area contributed by atoms with Gasteiger partial charge in [0.2, 0.25) is 11.8 Å². The molecule has 188 valence electrons. The van der Waals surface area contributed by atoms with Gasteiger partial charge in [0.15, 0.2) is 5.58 Å². The van der Waals surface area contributed by atoms with Gasteiger partial charge in [0, 0.05) is 16.7 Å². The summed E-state index contributed by atoms with van der Waals surface area (Å²) in [6.07, 6.45) is -0.0924. The second kappa shape index (κ2) is 9.20. The highest BCUT2D eigenvalue weighted by Crippen LogP contribution is 2.33. The normalized spacial score (nSPS) is 15.9. The number of para-hydroxylation sites is 2. The van der Waals surface area contributed by atoms with Crippen LogP contribution in [0, 0.1) is 0 Å². The van der Waals surface area contributed by atoms with Crippen LogP contribution in [0.4, 0.5) is 5.69 Å². The molecule has 5 rings (SSSR count). The average Bonchev–Trinajstić information content (AvgIpc) is 3.44. The van der Waals surface area contributed by atoms with E-state index in [9.17, 15) is 14.4 Å². The van der Waals surface area contributed by atoms with Crippen LogP contribution in [0.15, 0.2) is 77.2 Å². The third-order valence-electron chi connectivity index (χ3n) is 6.38. The molecular formula is C29H27N3O5. The molecule has 1 unspecified atom stereocenters. The maximum atomic E-state index is 13.6. The summed E-state index contributed by atoms with van der Waals surface area (Å²) in [6.45, 7) is 5.55.